The van der Waals surface area contributed by atoms with Crippen LogP contribution in [0.15, 0.2) is 30.6 Å². The molecule has 0 saturated carbocycles. The quantitative estimate of drug-likeness (QED) is 0.554. The molecule has 0 spiro atoms. The second kappa shape index (κ2) is 4.86. The van der Waals surface area contributed by atoms with Gasteiger partial charge in [0, 0.05) is 5.56 Å². The van der Waals surface area contributed by atoms with E-state index in [0.29, 0.717) is 11.6 Å². The standard InChI is InChI=1S/C13H15N7/c1-8(2)11-12(17-14)15-7-16-13(11)20-10-6-4-3-5-9(10)18-19-20/h3-8H,14H2,1-2H3,(H,15,16,17). The van der Waals surface area contributed by atoms with E-state index in [2.05, 4.69) is 39.6 Å². The summed E-state index contributed by atoms with van der Waals surface area (Å²) >= 11 is 0. The summed E-state index contributed by atoms with van der Waals surface area (Å²) in [5, 5.41) is 8.34. The molecule has 7 nitrogen and oxygen atoms in total. The molecule has 0 atom stereocenters. The van der Waals surface area contributed by atoms with Gasteiger partial charge in [0.05, 0.1) is 5.52 Å². The van der Waals surface area contributed by atoms with Crippen LogP contribution in [0.25, 0.3) is 16.9 Å². The molecule has 7 heteroatoms. The fraction of sp³-hybridized carbons (Fsp3) is 0.231. The smallest absolute Gasteiger partial charge is 0.164 e. The third kappa shape index (κ3) is 1.88. The average molecular weight is 269 g/mol. The van der Waals surface area contributed by atoms with Crippen molar-refractivity contribution in [3.8, 4) is 5.82 Å². The van der Waals surface area contributed by atoms with Gasteiger partial charge in [0.1, 0.15) is 17.7 Å². The first-order valence-electron chi connectivity index (χ1n) is 6.34. The monoisotopic (exact) mass is 269 g/mol. The molecule has 2 heterocycles. The van der Waals surface area contributed by atoms with E-state index >= 15 is 0 Å². The Morgan fingerprint density at radius 2 is 2.00 bits per heavy atom. The summed E-state index contributed by atoms with van der Waals surface area (Å²) in [4.78, 5) is 8.52. The van der Waals surface area contributed by atoms with Gasteiger partial charge < -0.3 is 5.43 Å². The molecule has 0 radical (unpaired) electrons. The number of nitrogens with zero attached hydrogens (tertiary/aromatic N) is 5. The molecule has 0 aliphatic heterocycles. The summed E-state index contributed by atoms with van der Waals surface area (Å²) < 4.78 is 1.72. The molecule has 3 N–H and O–H groups in total. The Morgan fingerprint density at radius 3 is 2.75 bits per heavy atom. The molecule has 102 valence electrons. The molecule has 20 heavy (non-hydrogen) atoms. The number of anilines is 1. The number of fused-ring (bicyclic) bond motifs is 1. The number of hydrogen-bond acceptors (Lipinski definition) is 6. The molecular weight excluding hydrogens is 254 g/mol. The van der Waals surface area contributed by atoms with Crippen molar-refractivity contribution < 1.29 is 0 Å². The maximum absolute atomic E-state index is 5.54. The minimum absolute atomic E-state index is 0.195. The van der Waals surface area contributed by atoms with E-state index in [0.717, 1.165) is 16.6 Å². The van der Waals surface area contributed by atoms with Gasteiger partial charge in [-0.3, -0.25) is 0 Å². The molecule has 2 aromatic heterocycles. The predicted octanol–water partition coefficient (Wildman–Crippen LogP) is 1.62. The highest BCUT2D eigenvalue weighted by Gasteiger charge is 2.18. The summed E-state index contributed by atoms with van der Waals surface area (Å²) in [6.45, 7) is 4.12. The van der Waals surface area contributed by atoms with Crippen molar-refractivity contribution in [1.29, 1.82) is 0 Å². The Labute approximate surface area is 115 Å². The molecule has 3 rings (SSSR count). The van der Waals surface area contributed by atoms with Crippen LogP contribution in [0.1, 0.15) is 25.3 Å². The van der Waals surface area contributed by atoms with E-state index in [1.807, 2.05) is 24.3 Å². The zero-order valence-corrected chi connectivity index (χ0v) is 11.3. The SMILES string of the molecule is CC(C)c1c(NN)ncnc1-n1nnc2ccccc21. The fourth-order valence-corrected chi connectivity index (χ4v) is 2.23. The van der Waals surface area contributed by atoms with Gasteiger partial charge in [0.25, 0.3) is 0 Å². The van der Waals surface area contributed by atoms with E-state index in [1.54, 1.807) is 4.68 Å². The zero-order valence-electron chi connectivity index (χ0n) is 11.3. The van der Waals surface area contributed by atoms with Crippen molar-refractivity contribution in [2.75, 3.05) is 5.43 Å². The van der Waals surface area contributed by atoms with Crippen LogP contribution in [-0.4, -0.2) is 25.0 Å². The molecule has 3 aromatic rings. The van der Waals surface area contributed by atoms with Crippen molar-refractivity contribution in [3.05, 3.63) is 36.2 Å². The minimum Gasteiger partial charge on any atom is -0.308 e. The third-order valence-electron chi connectivity index (χ3n) is 3.13. The first-order chi connectivity index (χ1) is 9.72. The number of nitrogens with one attached hydrogen (secondary N) is 1. The summed E-state index contributed by atoms with van der Waals surface area (Å²) in [6, 6.07) is 7.74. The van der Waals surface area contributed by atoms with Crippen LogP contribution in [0.2, 0.25) is 0 Å². The number of para-hydroxylation sites is 1. The van der Waals surface area contributed by atoms with E-state index < -0.39 is 0 Å². The molecule has 0 aliphatic carbocycles. The Morgan fingerprint density at radius 1 is 1.20 bits per heavy atom. The van der Waals surface area contributed by atoms with Gasteiger partial charge in [-0.15, -0.1) is 5.10 Å². The van der Waals surface area contributed by atoms with Crippen LogP contribution in [0.3, 0.4) is 0 Å². The van der Waals surface area contributed by atoms with E-state index in [9.17, 15) is 0 Å². The summed E-state index contributed by atoms with van der Waals surface area (Å²) in [5.41, 5.74) is 5.24. The molecule has 0 unspecified atom stereocenters. The van der Waals surface area contributed by atoms with Crippen molar-refractivity contribution in [3.63, 3.8) is 0 Å². The topological polar surface area (TPSA) is 94.5 Å². The molecular formula is C13H15N7. The second-order valence-corrected chi connectivity index (χ2v) is 4.75. The van der Waals surface area contributed by atoms with Gasteiger partial charge in [-0.1, -0.05) is 31.2 Å². The number of hydrazine groups is 1. The summed E-state index contributed by atoms with van der Waals surface area (Å²) in [5.74, 6) is 7.03. The lowest BCUT2D eigenvalue weighted by Gasteiger charge is -2.15. The van der Waals surface area contributed by atoms with Gasteiger partial charge >= 0.3 is 0 Å². The molecule has 0 saturated heterocycles. The Bertz CT molecular complexity index is 747. The fourth-order valence-electron chi connectivity index (χ4n) is 2.23. The molecule has 0 fully saturated rings. The minimum atomic E-state index is 0.195. The van der Waals surface area contributed by atoms with Gasteiger partial charge in [-0.05, 0) is 18.1 Å². The highest BCUT2D eigenvalue weighted by molar-refractivity contribution is 5.76. The van der Waals surface area contributed by atoms with Gasteiger partial charge in [-0.25, -0.2) is 15.8 Å². The Kier molecular flexibility index (Phi) is 3.03. The molecule has 0 amide bonds. The first kappa shape index (κ1) is 12.5. The van der Waals surface area contributed by atoms with Crippen molar-refractivity contribution in [2.24, 2.45) is 5.84 Å². The number of benzene rings is 1. The number of nitrogen functional groups attached to an aromatic ring is 1. The second-order valence-electron chi connectivity index (χ2n) is 4.75. The van der Waals surface area contributed by atoms with E-state index in [-0.39, 0.29) is 5.92 Å². The van der Waals surface area contributed by atoms with E-state index in [1.165, 1.54) is 6.33 Å². The lowest BCUT2D eigenvalue weighted by Crippen LogP contribution is -2.15. The Balaban J connectivity index is 2.29. The number of rotatable bonds is 3. The van der Waals surface area contributed by atoms with Crippen molar-refractivity contribution >= 4 is 16.9 Å². The Hall–Kier alpha value is -2.54. The van der Waals surface area contributed by atoms with Crippen LogP contribution in [0.4, 0.5) is 5.82 Å². The number of aromatic nitrogens is 5. The van der Waals surface area contributed by atoms with Crippen LogP contribution < -0.4 is 11.3 Å². The molecule has 0 bridgehead atoms. The van der Waals surface area contributed by atoms with Crippen LogP contribution in [0, 0.1) is 0 Å². The maximum Gasteiger partial charge on any atom is 0.164 e. The average Bonchev–Trinajstić information content (AvgIpc) is 2.90. The van der Waals surface area contributed by atoms with Crippen LogP contribution in [-0.2, 0) is 0 Å². The van der Waals surface area contributed by atoms with Crippen molar-refractivity contribution in [2.45, 2.75) is 19.8 Å². The van der Waals surface area contributed by atoms with Gasteiger partial charge in [0.15, 0.2) is 5.82 Å². The van der Waals surface area contributed by atoms with Crippen LogP contribution >= 0.6 is 0 Å². The lowest BCUT2D eigenvalue weighted by molar-refractivity contribution is 0.755. The highest BCUT2D eigenvalue weighted by Crippen LogP contribution is 2.27. The maximum atomic E-state index is 5.54. The highest BCUT2D eigenvalue weighted by atomic mass is 15.4. The summed E-state index contributed by atoms with van der Waals surface area (Å²) in [6.07, 6.45) is 1.47. The largest absolute Gasteiger partial charge is 0.308 e. The van der Waals surface area contributed by atoms with E-state index in [4.69, 9.17) is 5.84 Å². The first-order valence-corrected chi connectivity index (χ1v) is 6.34. The van der Waals surface area contributed by atoms with Crippen molar-refractivity contribution in [1.82, 2.24) is 25.0 Å². The normalized spacial score (nSPS) is 11.2. The molecule has 1 aromatic carbocycles. The summed E-state index contributed by atoms with van der Waals surface area (Å²) in [7, 11) is 0. The predicted molar refractivity (Wildman–Crippen MR) is 76.4 cm³/mol. The zero-order chi connectivity index (χ0) is 14.1. The number of hydrogen-bond donors (Lipinski definition) is 2. The lowest BCUT2D eigenvalue weighted by atomic mass is 10.0. The van der Waals surface area contributed by atoms with Crippen LogP contribution in [0.5, 0.6) is 0 Å². The van der Waals surface area contributed by atoms with Gasteiger partial charge in [0.2, 0.25) is 0 Å². The van der Waals surface area contributed by atoms with Gasteiger partial charge in [-0.2, -0.15) is 4.68 Å². The molecule has 0 aliphatic rings. The number of nitrogens with two attached hydrogens (primary N) is 1. The third-order valence-corrected chi connectivity index (χ3v) is 3.13.